The van der Waals surface area contributed by atoms with Crippen LogP contribution in [0.3, 0.4) is 0 Å². The summed E-state index contributed by atoms with van der Waals surface area (Å²) < 4.78 is 7.21. The molecule has 3 heterocycles. The van der Waals surface area contributed by atoms with Crippen LogP contribution in [0.1, 0.15) is 32.3 Å². The van der Waals surface area contributed by atoms with Gasteiger partial charge in [-0.2, -0.15) is 5.10 Å². The van der Waals surface area contributed by atoms with Crippen molar-refractivity contribution in [2.24, 2.45) is 30.2 Å². The first kappa shape index (κ1) is 30.8. The summed E-state index contributed by atoms with van der Waals surface area (Å²) in [6.07, 6.45) is 3.72. The van der Waals surface area contributed by atoms with E-state index in [2.05, 4.69) is 21.0 Å². The highest BCUT2D eigenvalue weighted by molar-refractivity contribution is 6.38. The van der Waals surface area contributed by atoms with Crippen molar-refractivity contribution in [2.75, 3.05) is 19.7 Å². The molecule has 0 spiro atoms. The van der Waals surface area contributed by atoms with Gasteiger partial charge in [-0.3, -0.25) is 28.7 Å². The molecule has 1 aromatic carbocycles. The predicted octanol–water partition coefficient (Wildman–Crippen LogP) is 1.49. The van der Waals surface area contributed by atoms with E-state index in [-0.39, 0.29) is 53.5 Å². The highest BCUT2D eigenvalue weighted by atomic mass is 35.5. The first-order chi connectivity index (χ1) is 20.4. The number of carbonyl (C=O) groups excluding carboxylic acids is 5. The molecule has 3 fully saturated rings. The van der Waals surface area contributed by atoms with E-state index in [1.54, 1.807) is 36.3 Å². The Labute approximate surface area is 258 Å². The summed E-state index contributed by atoms with van der Waals surface area (Å²) in [6, 6.07) is 2.52. The van der Waals surface area contributed by atoms with Crippen LogP contribution in [0.5, 0.6) is 5.75 Å². The fraction of sp³-hybridized carbons (Fsp3) is 0.517. The van der Waals surface area contributed by atoms with E-state index in [9.17, 15) is 24.0 Å². The first-order valence-electron chi connectivity index (χ1n) is 14.1. The normalized spacial score (nSPS) is 24.1. The van der Waals surface area contributed by atoms with E-state index < -0.39 is 41.5 Å². The summed E-state index contributed by atoms with van der Waals surface area (Å²) >= 11 is 12.1. The summed E-state index contributed by atoms with van der Waals surface area (Å²) in [5.74, 6) is -3.25. The smallest absolute Gasteiger partial charge is 0.289 e. The molecule has 12 nitrogen and oxygen atoms in total. The van der Waals surface area contributed by atoms with Gasteiger partial charge in [0, 0.05) is 49.4 Å². The third kappa shape index (κ3) is 6.50. The fourth-order valence-electron chi connectivity index (χ4n) is 6.29. The van der Waals surface area contributed by atoms with Crippen molar-refractivity contribution in [3.8, 4) is 5.75 Å². The Kier molecular flexibility index (Phi) is 8.71. The molecule has 2 aromatic rings. The number of aromatic nitrogens is 2. The molecule has 3 aliphatic rings. The highest BCUT2D eigenvalue weighted by Crippen LogP contribution is 2.64. The lowest BCUT2D eigenvalue weighted by Gasteiger charge is -2.31. The number of amides is 4. The van der Waals surface area contributed by atoms with E-state index >= 15 is 0 Å². The number of nitrogens with one attached hydrogen (secondary N) is 3. The number of benzene rings is 1. The maximum Gasteiger partial charge on any atom is 0.289 e. The zero-order valence-electron chi connectivity index (χ0n) is 24.1. The minimum atomic E-state index is -1.25. The van der Waals surface area contributed by atoms with Crippen molar-refractivity contribution in [1.29, 1.82) is 0 Å². The fourth-order valence-corrected chi connectivity index (χ4v) is 6.75. The zero-order chi connectivity index (χ0) is 31.1. The number of hydrogen-bond donors (Lipinski definition) is 3. The molecule has 5 atom stereocenters. The summed E-state index contributed by atoms with van der Waals surface area (Å²) in [6.45, 7) is 4.58. The van der Waals surface area contributed by atoms with E-state index in [4.69, 9.17) is 27.9 Å². The van der Waals surface area contributed by atoms with Crippen molar-refractivity contribution >= 4 is 52.6 Å². The third-order valence-electron chi connectivity index (χ3n) is 8.79. The Morgan fingerprint density at radius 1 is 1.23 bits per heavy atom. The Bertz CT molecular complexity index is 1460. The molecule has 1 aromatic heterocycles. The number of likely N-dealkylation sites (tertiary alicyclic amines) is 1. The van der Waals surface area contributed by atoms with E-state index in [0.29, 0.717) is 30.1 Å². The van der Waals surface area contributed by atoms with Crippen LogP contribution in [0.4, 0.5) is 0 Å². The van der Waals surface area contributed by atoms with Crippen LogP contribution < -0.4 is 20.7 Å². The van der Waals surface area contributed by atoms with Gasteiger partial charge in [-0.15, -0.1) is 0 Å². The van der Waals surface area contributed by atoms with Gasteiger partial charge in [0.1, 0.15) is 11.8 Å². The average molecular weight is 634 g/mol. The van der Waals surface area contributed by atoms with Crippen molar-refractivity contribution in [3.63, 3.8) is 0 Å². The van der Waals surface area contributed by atoms with Gasteiger partial charge in [-0.1, -0.05) is 37.0 Å². The molecule has 1 aliphatic carbocycles. The third-order valence-corrected chi connectivity index (χ3v) is 9.32. The number of carbonyl (C=O) groups is 5. The number of hydrogen-bond acceptors (Lipinski definition) is 7. The van der Waals surface area contributed by atoms with Crippen LogP contribution in [0.2, 0.25) is 10.0 Å². The Balaban J connectivity index is 1.29. The molecule has 14 heteroatoms. The van der Waals surface area contributed by atoms with E-state index in [1.165, 1.54) is 11.0 Å². The van der Waals surface area contributed by atoms with Crippen LogP contribution >= 0.6 is 23.2 Å². The molecule has 2 saturated heterocycles. The molecule has 3 N–H and O–H groups in total. The molecular formula is C29H34Cl2N6O6. The van der Waals surface area contributed by atoms with Crippen molar-refractivity contribution < 1.29 is 28.7 Å². The van der Waals surface area contributed by atoms with Crippen LogP contribution in [0, 0.1) is 23.2 Å². The predicted molar refractivity (Wildman–Crippen MR) is 156 cm³/mol. The highest BCUT2D eigenvalue weighted by Gasteiger charge is 2.69. The standard InChI is InChI=1S/C29H34Cl2N6O6/c1-29(2)18-13-37(22(38)14-43-21-5-4-17(30)9-19(21)31)24(23(18)29)27(41)35-20(8-16-6-7-32-26(16)40)25(39)28(42)33-10-15-11-34-36(3)12-15/h4-5,9,11-12,16,18,20,23-24H,6-8,10,13-14H2,1-3H3,(H,32,40)(H,33,42)(H,35,41)/t16-,18-,20-,23-,24-/m0/s1. The molecule has 5 rings (SSSR count). The molecule has 2 aliphatic heterocycles. The molecule has 1 saturated carbocycles. The molecule has 0 unspecified atom stereocenters. The number of fused-ring (bicyclic) bond motifs is 1. The Morgan fingerprint density at radius 3 is 2.65 bits per heavy atom. The minimum Gasteiger partial charge on any atom is -0.482 e. The second kappa shape index (κ2) is 12.2. The van der Waals surface area contributed by atoms with E-state index in [0.717, 1.165) is 0 Å². The maximum atomic E-state index is 13.8. The summed E-state index contributed by atoms with van der Waals surface area (Å²) in [7, 11) is 1.73. The van der Waals surface area contributed by atoms with Gasteiger partial charge in [0.25, 0.3) is 11.8 Å². The van der Waals surface area contributed by atoms with Gasteiger partial charge >= 0.3 is 0 Å². The van der Waals surface area contributed by atoms with Crippen molar-refractivity contribution in [1.82, 2.24) is 30.6 Å². The van der Waals surface area contributed by atoms with Gasteiger partial charge in [0.05, 0.1) is 17.3 Å². The lowest BCUT2D eigenvalue weighted by atomic mass is 9.94. The largest absolute Gasteiger partial charge is 0.482 e. The van der Waals surface area contributed by atoms with Crippen molar-refractivity contribution in [2.45, 2.75) is 45.3 Å². The Hall–Kier alpha value is -3.64. The first-order valence-corrected chi connectivity index (χ1v) is 14.9. The van der Waals surface area contributed by atoms with Gasteiger partial charge in [0.15, 0.2) is 6.61 Å². The minimum absolute atomic E-state index is 0.0347. The summed E-state index contributed by atoms with van der Waals surface area (Å²) in [4.78, 5) is 67.2. The van der Waals surface area contributed by atoms with Crippen LogP contribution in [-0.4, -0.2) is 75.9 Å². The number of rotatable bonds is 11. The number of Topliss-reactive ketones (excluding diaryl/α,β-unsaturated/α-hetero) is 1. The molecule has 0 radical (unpaired) electrons. The number of piperidine rings is 1. The van der Waals surface area contributed by atoms with Gasteiger partial charge in [-0.05, 0) is 48.3 Å². The topological polar surface area (TPSA) is 152 Å². The Morgan fingerprint density at radius 2 is 2.00 bits per heavy atom. The SMILES string of the molecule is Cn1cc(CNC(=O)C(=O)[C@H](C[C@@H]2CCNC2=O)NC(=O)[C@@H]2[C@@H]3[C@H](CN2C(=O)COc2ccc(Cl)cc2Cl)C3(C)C)cn1. The molecule has 43 heavy (non-hydrogen) atoms. The van der Waals surface area contributed by atoms with Crippen LogP contribution in [0.15, 0.2) is 30.6 Å². The quantitative estimate of drug-likeness (QED) is 0.317. The summed E-state index contributed by atoms with van der Waals surface area (Å²) in [5.41, 5.74) is 0.508. The molecule has 0 bridgehead atoms. The lowest BCUT2D eigenvalue weighted by Crippen LogP contribution is -2.56. The summed E-state index contributed by atoms with van der Waals surface area (Å²) in [5, 5.41) is 12.8. The number of ketones is 1. The van der Waals surface area contributed by atoms with Gasteiger partial charge in [0.2, 0.25) is 17.6 Å². The van der Waals surface area contributed by atoms with Gasteiger partial charge in [-0.25, -0.2) is 0 Å². The molecule has 230 valence electrons. The maximum absolute atomic E-state index is 13.8. The lowest BCUT2D eigenvalue weighted by molar-refractivity contribution is -0.144. The number of nitrogens with zero attached hydrogens (tertiary/aromatic N) is 3. The monoisotopic (exact) mass is 632 g/mol. The second-order valence-electron chi connectivity index (χ2n) is 12.0. The average Bonchev–Trinajstić information content (AvgIpc) is 3.46. The zero-order valence-corrected chi connectivity index (χ0v) is 25.6. The van der Waals surface area contributed by atoms with Crippen LogP contribution in [-0.2, 0) is 37.6 Å². The van der Waals surface area contributed by atoms with E-state index in [1.807, 2.05) is 13.8 Å². The number of ether oxygens (including phenoxy) is 1. The molecule has 4 amide bonds. The number of halogens is 2. The molecular weight excluding hydrogens is 599 g/mol. The van der Waals surface area contributed by atoms with Crippen LogP contribution in [0.25, 0.3) is 0 Å². The second-order valence-corrected chi connectivity index (χ2v) is 12.8. The van der Waals surface area contributed by atoms with Crippen molar-refractivity contribution in [3.05, 3.63) is 46.2 Å². The number of aryl methyl sites for hydroxylation is 1. The van der Waals surface area contributed by atoms with Gasteiger partial charge < -0.3 is 25.6 Å².